The van der Waals surface area contributed by atoms with Crippen LogP contribution in [0.3, 0.4) is 0 Å². The summed E-state index contributed by atoms with van der Waals surface area (Å²) in [4.78, 5) is 12.2. The van der Waals surface area contributed by atoms with Crippen molar-refractivity contribution >= 4 is 29.3 Å². The minimum absolute atomic E-state index is 0.265. The van der Waals surface area contributed by atoms with Crippen molar-refractivity contribution < 1.29 is 9.53 Å². The van der Waals surface area contributed by atoms with E-state index in [0.717, 1.165) is 5.56 Å². The lowest BCUT2D eigenvalue weighted by molar-refractivity contribution is -0.111. The molecule has 0 unspecified atom stereocenters. The Labute approximate surface area is 150 Å². The molecule has 1 amide bonds. The van der Waals surface area contributed by atoms with Crippen LogP contribution in [0.2, 0.25) is 5.02 Å². The number of nitrogens with zero attached hydrogens (tertiary/aromatic N) is 2. The Morgan fingerprint density at radius 2 is 1.88 bits per heavy atom. The number of nitrogens with one attached hydrogen (secondary N) is 1. The first kappa shape index (κ1) is 16.8. The Morgan fingerprint density at radius 1 is 1.16 bits per heavy atom. The molecule has 3 rings (SSSR count). The van der Waals surface area contributed by atoms with Crippen molar-refractivity contribution in [1.82, 2.24) is 9.78 Å². The van der Waals surface area contributed by atoms with Crippen LogP contribution in [-0.2, 0) is 11.8 Å². The summed E-state index contributed by atoms with van der Waals surface area (Å²) in [6.07, 6.45) is 6.64. The first-order valence-electron chi connectivity index (χ1n) is 7.61. The topological polar surface area (TPSA) is 56.2 Å². The number of aromatic nitrogens is 2. The van der Waals surface area contributed by atoms with Crippen LogP contribution in [-0.4, -0.2) is 15.7 Å². The number of benzene rings is 2. The summed E-state index contributed by atoms with van der Waals surface area (Å²) in [7, 11) is 1.82. The van der Waals surface area contributed by atoms with Crippen LogP contribution < -0.4 is 10.1 Å². The van der Waals surface area contributed by atoms with E-state index < -0.39 is 0 Å². The van der Waals surface area contributed by atoms with Crippen LogP contribution in [0.4, 0.5) is 5.69 Å². The molecule has 0 saturated heterocycles. The summed E-state index contributed by atoms with van der Waals surface area (Å²) in [5, 5.41) is 7.36. The third kappa shape index (κ3) is 4.49. The normalized spacial score (nSPS) is 10.8. The van der Waals surface area contributed by atoms with Gasteiger partial charge in [-0.15, -0.1) is 0 Å². The molecule has 3 aromatic rings. The van der Waals surface area contributed by atoms with Crippen molar-refractivity contribution in [2.75, 3.05) is 5.32 Å². The molecule has 1 heterocycles. The maximum atomic E-state index is 12.2. The highest BCUT2D eigenvalue weighted by molar-refractivity contribution is 6.32. The number of aryl methyl sites for hydroxylation is 1. The number of carbonyl (C=O) groups excluding carboxylic acids is 1. The number of anilines is 1. The molecule has 2 aromatic carbocycles. The largest absolute Gasteiger partial charge is 0.454 e. The minimum Gasteiger partial charge on any atom is -0.454 e. The van der Waals surface area contributed by atoms with Crippen molar-refractivity contribution in [3.63, 3.8) is 0 Å². The van der Waals surface area contributed by atoms with Crippen molar-refractivity contribution in [1.29, 1.82) is 0 Å². The molecule has 0 aliphatic rings. The smallest absolute Gasteiger partial charge is 0.248 e. The van der Waals surface area contributed by atoms with Gasteiger partial charge in [-0.1, -0.05) is 35.9 Å². The van der Waals surface area contributed by atoms with Crippen molar-refractivity contribution in [2.45, 2.75) is 0 Å². The number of ether oxygens (including phenoxy) is 1. The maximum absolute atomic E-state index is 12.2. The zero-order chi connectivity index (χ0) is 17.6. The molecule has 6 heteroatoms. The molecule has 126 valence electrons. The predicted octanol–water partition coefficient (Wildman–Crippen LogP) is 4.52. The van der Waals surface area contributed by atoms with Crippen LogP contribution in [0.1, 0.15) is 5.56 Å². The van der Waals surface area contributed by atoms with Gasteiger partial charge in [-0.05, 0) is 30.3 Å². The zero-order valence-electron chi connectivity index (χ0n) is 13.5. The van der Waals surface area contributed by atoms with Crippen LogP contribution in [0.15, 0.2) is 67.0 Å². The van der Waals surface area contributed by atoms with Gasteiger partial charge in [-0.2, -0.15) is 5.10 Å². The highest BCUT2D eigenvalue weighted by Crippen LogP contribution is 2.33. The minimum atomic E-state index is -0.265. The monoisotopic (exact) mass is 353 g/mol. The molecule has 1 N–H and O–H groups in total. The fourth-order valence-corrected chi connectivity index (χ4v) is 2.35. The Bertz CT molecular complexity index is 918. The van der Waals surface area contributed by atoms with E-state index in [1.54, 1.807) is 41.2 Å². The van der Waals surface area contributed by atoms with Crippen LogP contribution in [0.5, 0.6) is 11.5 Å². The second-order valence-corrected chi connectivity index (χ2v) is 5.71. The number of hydrogen-bond acceptors (Lipinski definition) is 3. The molecular weight excluding hydrogens is 338 g/mol. The molecule has 0 spiro atoms. The highest BCUT2D eigenvalue weighted by Gasteiger charge is 2.08. The summed E-state index contributed by atoms with van der Waals surface area (Å²) < 4.78 is 7.49. The van der Waals surface area contributed by atoms with Gasteiger partial charge < -0.3 is 10.1 Å². The van der Waals surface area contributed by atoms with Gasteiger partial charge in [-0.25, -0.2) is 0 Å². The van der Waals surface area contributed by atoms with Crippen LogP contribution >= 0.6 is 11.6 Å². The Morgan fingerprint density at radius 3 is 2.60 bits per heavy atom. The predicted molar refractivity (Wildman–Crippen MR) is 98.8 cm³/mol. The van der Waals surface area contributed by atoms with E-state index >= 15 is 0 Å². The summed E-state index contributed by atoms with van der Waals surface area (Å²) in [6.45, 7) is 0. The van der Waals surface area contributed by atoms with E-state index in [0.29, 0.717) is 22.2 Å². The molecule has 0 aliphatic carbocycles. The second-order valence-electron chi connectivity index (χ2n) is 5.30. The number of hydrogen-bond donors (Lipinski definition) is 1. The molecule has 0 bridgehead atoms. The molecule has 5 nitrogen and oxygen atoms in total. The van der Waals surface area contributed by atoms with Gasteiger partial charge in [0.1, 0.15) is 5.75 Å². The number of halogens is 1. The summed E-state index contributed by atoms with van der Waals surface area (Å²) in [6, 6.07) is 14.3. The molecule has 0 atom stereocenters. The average molecular weight is 354 g/mol. The molecular formula is C19H16ClN3O2. The van der Waals surface area contributed by atoms with E-state index in [9.17, 15) is 4.79 Å². The summed E-state index contributed by atoms with van der Waals surface area (Å²) in [5.41, 5.74) is 1.40. The van der Waals surface area contributed by atoms with E-state index in [2.05, 4.69) is 10.4 Å². The third-order valence-electron chi connectivity index (χ3n) is 3.35. The first-order chi connectivity index (χ1) is 12.1. The molecule has 1 aromatic heterocycles. The SMILES string of the molecule is Cn1cc(C=CC(=O)Nc2ccccc2Oc2ccccc2Cl)cn1. The standard InChI is InChI=1S/C19H16ClN3O2/c1-23-13-14(12-21-23)10-11-19(24)22-16-7-3-5-9-18(16)25-17-8-4-2-6-15(17)20/h2-13H,1H3,(H,22,24). The molecule has 25 heavy (non-hydrogen) atoms. The van der Waals surface area contributed by atoms with Crippen LogP contribution in [0, 0.1) is 0 Å². The van der Waals surface area contributed by atoms with E-state index in [-0.39, 0.29) is 5.91 Å². The maximum Gasteiger partial charge on any atom is 0.248 e. The lowest BCUT2D eigenvalue weighted by atomic mass is 10.2. The van der Waals surface area contributed by atoms with Gasteiger partial charge in [0.2, 0.25) is 5.91 Å². The lowest BCUT2D eigenvalue weighted by Gasteiger charge is -2.12. The lowest BCUT2D eigenvalue weighted by Crippen LogP contribution is -2.08. The fraction of sp³-hybridized carbons (Fsp3) is 0.0526. The van der Waals surface area contributed by atoms with E-state index in [4.69, 9.17) is 16.3 Å². The third-order valence-corrected chi connectivity index (χ3v) is 3.67. The van der Waals surface area contributed by atoms with Gasteiger partial charge in [-0.3, -0.25) is 9.48 Å². The number of rotatable bonds is 5. The van der Waals surface area contributed by atoms with Gasteiger partial charge in [0, 0.05) is 24.9 Å². The van der Waals surface area contributed by atoms with Gasteiger partial charge in [0.25, 0.3) is 0 Å². The van der Waals surface area contributed by atoms with Gasteiger partial charge >= 0.3 is 0 Å². The summed E-state index contributed by atoms with van der Waals surface area (Å²) in [5.74, 6) is 0.773. The fourth-order valence-electron chi connectivity index (χ4n) is 2.18. The van der Waals surface area contributed by atoms with Gasteiger partial charge in [0.05, 0.1) is 16.9 Å². The molecule has 0 aliphatic heterocycles. The van der Waals surface area contributed by atoms with Crippen molar-refractivity contribution in [3.05, 3.63) is 77.6 Å². The number of carbonyl (C=O) groups is 1. The average Bonchev–Trinajstić information content (AvgIpc) is 3.02. The summed E-state index contributed by atoms with van der Waals surface area (Å²) >= 11 is 6.12. The molecule has 0 radical (unpaired) electrons. The van der Waals surface area contributed by atoms with E-state index in [1.165, 1.54) is 6.08 Å². The van der Waals surface area contributed by atoms with Crippen LogP contribution in [0.25, 0.3) is 6.08 Å². The highest BCUT2D eigenvalue weighted by atomic mass is 35.5. The number of para-hydroxylation sites is 3. The van der Waals surface area contributed by atoms with Gasteiger partial charge in [0.15, 0.2) is 5.75 Å². The first-order valence-corrected chi connectivity index (χ1v) is 7.99. The Hall–Kier alpha value is -3.05. The zero-order valence-corrected chi connectivity index (χ0v) is 14.3. The van der Waals surface area contributed by atoms with Crippen molar-refractivity contribution in [2.24, 2.45) is 7.05 Å². The molecule has 0 fully saturated rings. The Balaban J connectivity index is 1.73. The quantitative estimate of drug-likeness (QED) is 0.686. The Kier molecular flexibility index (Phi) is 5.16. The molecule has 0 saturated carbocycles. The second kappa shape index (κ2) is 7.68. The van der Waals surface area contributed by atoms with Crippen molar-refractivity contribution in [3.8, 4) is 11.5 Å². The number of amides is 1. The van der Waals surface area contributed by atoms with E-state index in [1.807, 2.05) is 37.5 Å².